The molecule has 0 radical (unpaired) electrons. The van der Waals surface area contributed by atoms with E-state index >= 15 is 0 Å². The Labute approximate surface area is 156 Å². The second-order valence-electron chi connectivity index (χ2n) is 5.89. The van der Waals surface area contributed by atoms with E-state index < -0.39 is 0 Å². The number of benzene rings is 2. The third-order valence-electron chi connectivity index (χ3n) is 4.24. The fourth-order valence-electron chi connectivity index (χ4n) is 2.98. The van der Waals surface area contributed by atoms with Gasteiger partial charge in [-0.1, -0.05) is 6.92 Å². The number of aromatic nitrogens is 1. The molecule has 0 amide bonds. The van der Waals surface area contributed by atoms with Crippen LogP contribution in [0.4, 0.5) is 0 Å². The van der Waals surface area contributed by atoms with Gasteiger partial charge in [-0.3, -0.25) is 0 Å². The van der Waals surface area contributed by atoms with Gasteiger partial charge >= 0.3 is 0 Å². The topological polar surface area (TPSA) is 49.8 Å². The van der Waals surface area contributed by atoms with Crippen LogP contribution in [0.25, 0.3) is 22.4 Å². The number of rotatable bonds is 5. The fraction of sp³-hybridized carbons (Fsp3) is 0.250. The van der Waals surface area contributed by atoms with E-state index in [-0.39, 0.29) is 0 Å². The van der Waals surface area contributed by atoms with E-state index in [1.165, 1.54) is 11.5 Å². The van der Waals surface area contributed by atoms with E-state index in [1.807, 2.05) is 35.7 Å². The van der Waals surface area contributed by atoms with Crippen molar-refractivity contribution in [2.45, 2.75) is 13.3 Å². The lowest BCUT2D eigenvalue weighted by Crippen LogP contribution is -1.96. The number of methoxy groups -OCH3 is 2. The van der Waals surface area contributed by atoms with Crippen LogP contribution >= 0.6 is 11.5 Å². The largest absolute Gasteiger partial charge is 0.497 e. The Hall–Kier alpha value is -2.73. The molecule has 4 rings (SSSR count). The summed E-state index contributed by atoms with van der Waals surface area (Å²) in [5.74, 6) is 3.44. The molecule has 1 aromatic heterocycles. The zero-order chi connectivity index (χ0) is 18.1. The van der Waals surface area contributed by atoms with E-state index in [2.05, 4.69) is 11.3 Å². The summed E-state index contributed by atoms with van der Waals surface area (Å²) in [5.41, 5.74) is 3.73. The SMILES string of the molecule is CCCOc1ccc2c(c1)Oc1c(OC)cc(OC)cc1-c1nscc1-2. The van der Waals surface area contributed by atoms with E-state index in [4.69, 9.17) is 18.9 Å². The van der Waals surface area contributed by atoms with Crippen molar-refractivity contribution in [2.75, 3.05) is 20.8 Å². The van der Waals surface area contributed by atoms with Gasteiger partial charge in [-0.2, -0.15) is 4.37 Å². The van der Waals surface area contributed by atoms with Gasteiger partial charge in [0.25, 0.3) is 0 Å². The highest BCUT2D eigenvalue weighted by Crippen LogP contribution is 2.52. The molecule has 134 valence electrons. The Bertz CT molecular complexity index is 951. The highest BCUT2D eigenvalue weighted by molar-refractivity contribution is 7.04. The van der Waals surface area contributed by atoms with Crippen molar-refractivity contribution >= 4 is 11.5 Å². The lowest BCUT2D eigenvalue weighted by atomic mass is 10.0. The molecule has 1 aliphatic rings. The molecule has 0 spiro atoms. The highest BCUT2D eigenvalue weighted by atomic mass is 32.1. The average Bonchev–Trinajstić information content (AvgIpc) is 3.11. The minimum absolute atomic E-state index is 0.603. The standard InChI is InChI=1S/C20H19NO4S/c1-4-7-24-12-5-6-14-16-11-26-21-19(16)15-8-13(22-2)10-18(23-3)20(15)25-17(14)9-12/h5-6,8-11H,4,7H2,1-3H3. The van der Waals surface area contributed by atoms with Crippen LogP contribution in [0.3, 0.4) is 0 Å². The van der Waals surface area contributed by atoms with Crippen molar-refractivity contribution in [1.29, 1.82) is 0 Å². The molecule has 3 aromatic rings. The summed E-state index contributed by atoms with van der Waals surface area (Å²) in [5, 5.41) is 2.03. The zero-order valence-electron chi connectivity index (χ0n) is 14.9. The van der Waals surface area contributed by atoms with Crippen molar-refractivity contribution in [3.8, 4) is 51.1 Å². The van der Waals surface area contributed by atoms with E-state index in [0.29, 0.717) is 23.9 Å². The number of nitrogens with zero attached hydrogens (tertiary/aromatic N) is 1. The Morgan fingerprint density at radius 1 is 1.00 bits per heavy atom. The van der Waals surface area contributed by atoms with Crippen molar-refractivity contribution in [1.82, 2.24) is 4.37 Å². The number of hydrogen-bond donors (Lipinski definition) is 0. The molecule has 0 unspecified atom stereocenters. The maximum atomic E-state index is 6.29. The molecular formula is C20H19NO4S. The van der Waals surface area contributed by atoms with Crippen molar-refractivity contribution in [3.63, 3.8) is 0 Å². The molecule has 5 nitrogen and oxygen atoms in total. The lowest BCUT2D eigenvalue weighted by molar-refractivity contribution is 0.315. The minimum Gasteiger partial charge on any atom is -0.497 e. The van der Waals surface area contributed by atoms with Crippen molar-refractivity contribution in [3.05, 3.63) is 35.7 Å². The lowest BCUT2D eigenvalue weighted by Gasteiger charge is -2.15. The molecule has 6 heteroatoms. The van der Waals surface area contributed by atoms with Crippen LogP contribution < -0.4 is 18.9 Å². The van der Waals surface area contributed by atoms with Gasteiger partial charge in [0.15, 0.2) is 11.5 Å². The van der Waals surface area contributed by atoms with Crippen LogP contribution in [0, 0.1) is 0 Å². The van der Waals surface area contributed by atoms with Gasteiger partial charge in [0.2, 0.25) is 0 Å². The molecule has 0 atom stereocenters. The van der Waals surface area contributed by atoms with E-state index in [9.17, 15) is 0 Å². The fourth-order valence-corrected chi connectivity index (χ4v) is 3.68. The summed E-state index contributed by atoms with van der Waals surface area (Å²) in [6, 6.07) is 9.64. The summed E-state index contributed by atoms with van der Waals surface area (Å²) in [6.07, 6.45) is 0.951. The average molecular weight is 369 g/mol. The first kappa shape index (κ1) is 16.7. The predicted molar refractivity (Wildman–Crippen MR) is 102 cm³/mol. The van der Waals surface area contributed by atoms with Gasteiger partial charge < -0.3 is 18.9 Å². The first-order valence-corrected chi connectivity index (χ1v) is 9.24. The molecule has 26 heavy (non-hydrogen) atoms. The number of ether oxygens (including phenoxy) is 4. The van der Waals surface area contributed by atoms with Crippen molar-refractivity contribution < 1.29 is 18.9 Å². The van der Waals surface area contributed by atoms with Crippen LogP contribution in [0.1, 0.15) is 13.3 Å². The molecule has 1 aliphatic heterocycles. The summed E-state index contributed by atoms with van der Waals surface area (Å²) >= 11 is 1.42. The Kier molecular flexibility index (Phi) is 4.42. The predicted octanol–water partition coefficient (Wildman–Crippen LogP) is 5.39. The summed E-state index contributed by atoms with van der Waals surface area (Å²) in [7, 11) is 3.25. The third-order valence-corrected chi connectivity index (χ3v) is 4.87. The first-order chi connectivity index (χ1) is 12.7. The quantitative estimate of drug-likeness (QED) is 0.472. The molecule has 2 aromatic carbocycles. The van der Waals surface area contributed by atoms with Crippen LogP contribution in [0.15, 0.2) is 35.7 Å². The third kappa shape index (κ3) is 2.76. The van der Waals surface area contributed by atoms with Crippen LogP contribution in [0.2, 0.25) is 0 Å². The first-order valence-electron chi connectivity index (χ1n) is 8.41. The monoisotopic (exact) mass is 369 g/mol. The normalized spacial score (nSPS) is 11.5. The molecule has 0 N–H and O–H groups in total. The van der Waals surface area contributed by atoms with Gasteiger partial charge in [-0.15, -0.1) is 0 Å². The van der Waals surface area contributed by atoms with Gasteiger partial charge in [-0.25, -0.2) is 0 Å². The summed E-state index contributed by atoms with van der Waals surface area (Å²) in [6.45, 7) is 2.75. The molecule has 0 saturated carbocycles. The Balaban J connectivity index is 1.92. The number of fused-ring (bicyclic) bond motifs is 5. The zero-order valence-corrected chi connectivity index (χ0v) is 15.7. The van der Waals surface area contributed by atoms with E-state index in [1.54, 1.807) is 14.2 Å². The minimum atomic E-state index is 0.603. The smallest absolute Gasteiger partial charge is 0.179 e. The summed E-state index contributed by atoms with van der Waals surface area (Å²) in [4.78, 5) is 0. The van der Waals surface area contributed by atoms with E-state index in [0.717, 1.165) is 40.3 Å². The second kappa shape index (κ2) is 6.88. The molecule has 0 saturated heterocycles. The molecule has 0 fully saturated rings. The maximum absolute atomic E-state index is 6.29. The van der Waals surface area contributed by atoms with Gasteiger partial charge in [-0.05, 0) is 36.2 Å². The Morgan fingerprint density at radius 3 is 2.65 bits per heavy atom. The molecule has 0 aliphatic carbocycles. The summed E-state index contributed by atoms with van der Waals surface area (Å²) < 4.78 is 27.6. The van der Waals surface area contributed by atoms with Gasteiger partial charge in [0.1, 0.15) is 17.2 Å². The molecule has 2 heterocycles. The molecule has 0 bridgehead atoms. The molecular weight excluding hydrogens is 350 g/mol. The van der Waals surface area contributed by atoms with Crippen molar-refractivity contribution in [2.24, 2.45) is 0 Å². The maximum Gasteiger partial charge on any atom is 0.179 e. The highest BCUT2D eigenvalue weighted by Gasteiger charge is 2.27. The van der Waals surface area contributed by atoms with Gasteiger partial charge in [0.05, 0.1) is 32.1 Å². The van der Waals surface area contributed by atoms with Crippen LogP contribution in [-0.2, 0) is 0 Å². The number of hydrogen-bond acceptors (Lipinski definition) is 6. The second-order valence-corrected chi connectivity index (χ2v) is 6.52. The van der Waals surface area contributed by atoms with Crippen LogP contribution in [-0.4, -0.2) is 25.2 Å². The van der Waals surface area contributed by atoms with Crippen LogP contribution in [0.5, 0.6) is 28.7 Å². The van der Waals surface area contributed by atoms with Gasteiger partial charge in [0, 0.05) is 28.6 Å². The Morgan fingerprint density at radius 2 is 1.88 bits per heavy atom.